The molecule has 1 aliphatic heterocycles. The monoisotopic (exact) mass is 394 g/mol. The largest absolute Gasteiger partial charge is 0.339 e. The number of nitrogens with zero attached hydrogens (tertiary/aromatic N) is 4. The first-order valence-corrected chi connectivity index (χ1v) is 10.3. The van der Waals surface area contributed by atoms with Crippen LogP contribution in [0.25, 0.3) is 16.7 Å². The highest BCUT2D eigenvalue weighted by atomic mass is 32.2. The van der Waals surface area contributed by atoms with E-state index in [4.69, 9.17) is 4.98 Å². The molecule has 1 saturated heterocycles. The minimum absolute atomic E-state index is 0.0676. The standard InChI is InChI=1S/C21H22N4O2S/c1-16(26)23-11-13-24(14-12-23)20(27)15-28-21-22-18-9-5-6-10-19(18)25(21)17-7-3-2-4-8-17/h2-10H,11-15H2,1H3. The van der Waals surface area contributed by atoms with Gasteiger partial charge in [0.2, 0.25) is 11.8 Å². The molecule has 28 heavy (non-hydrogen) atoms. The van der Waals surface area contributed by atoms with Crippen LogP contribution in [0.15, 0.2) is 59.8 Å². The summed E-state index contributed by atoms with van der Waals surface area (Å²) in [4.78, 5) is 32.5. The summed E-state index contributed by atoms with van der Waals surface area (Å²) in [5.41, 5.74) is 2.97. The van der Waals surface area contributed by atoms with Gasteiger partial charge in [-0.05, 0) is 24.3 Å². The van der Waals surface area contributed by atoms with E-state index in [-0.39, 0.29) is 11.8 Å². The van der Waals surface area contributed by atoms with Gasteiger partial charge in [-0.3, -0.25) is 14.2 Å². The summed E-state index contributed by atoms with van der Waals surface area (Å²) in [6.45, 7) is 3.96. The van der Waals surface area contributed by atoms with E-state index < -0.39 is 0 Å². The van der Waals surface area contributed by atoms with E-state index in [1.165, 1.54) is 11.8 Å². The molecule has 0 spiro atoms. The topological polar surface area (TPSA) is 58.4 Å². The Bertz CT molecular complexity index is 994. The lowest BCUT2D eigenvalue weighted by Crippen LogP contribution is -2.50. The molecule has 1 aliphatic rings. The normalized spacial score (nSPS) is 14.5. The zero-order chi connectivity index (χ0) is 19.5. The molecule has 0 unspecified atom stereocenters. The Morgan fingerprint density at radius 1 is 0.929 bits per heavy atom. The number of para-hydroxylation sites is 3. The third-order valence-electron chi connectivity index (χ3n) is 4.95. The van der Waals surface area contributed by atoms with Crippen LogP contribution in [0.1, 0.15) is 6.92 Å². The number of aromatic nitrogens is 2. The first kappa shape index (κ1) is 18.6. The molecule has 6 nitrogen and oxygen atoms in total. The van der Waals surface area contributed by atoms with E-state index in [1.807, 2.05) is 59.5 Å². The van der Waals surface area contributed by atoms with Gasteiger partial charge in [0.05, 0.1) is 16.8 Å². The van der Waals surface area contributed by atoms with Gasteiger partial charge >= 0.3 is 0 Å². The van der Waals surface area contributed by atoms with Crippen LogP contribution in [-0.2, 0) is 9.59 Å². The van der Waals surface area contributed by atoms with Gasteiger partial charge in [0, 0.05) is 38.8 Å². The van der Waals surface area contributed by atoms with Crippen molar-refractivity contribution in [2.75, 3.05) is 31.9 Å². The number of benzene rings is 2. The molecule has 0 radical (unpaired) electrons. The van der Waals surface area contributed by atoms with Crippen molar-refractivity contribution in [3.63, 3.8) is 0 Å². The highest BCUT2D eigenvalue weighted by Gasteiger charge is 2.23. The van der Waals surface area contributed by atoms with Crippen molar-refractivity contribution < 1.29 is 9.59 Å². The van der Waals surface area contributed by atoms with Crippen molar-refractivity contribution in [2.45, 2.75) is 12.1 Å². The zero-order valence-electron chi connectivity index (χ0n) is 15.7. The fourth-order valence-electron chi connectivity index (χ4n) is 3.42. The number of carbonyl (C=O) groups is 2. The third kappa shape index (κ3) is 3.75. The minimum Gasteiger partial charge on any atom is -0.339 e. The number of piperazine rings is 1. The average molecular weight is 395 g/mol. The Hall–Kier alpha value is -2.80. The second-order valence-corrected chi connectivity index (χ2v) is 7.67. The number of thioether (sulfide) groups is 1. The summed E-state index contributed by atoms with van der Waals surface area (Å²) < 4.78 is 2.10. The number of amides is 2. The lowest BCUT2D eigenvalue weighted by Gasteiger charge is -2.34. The summed E-state index contributed by atoms with van der Waals surface area (Å²) in [5.74, 6) is 0.480. The van der Waals surface area contributed by atoms with Gasteiger partial charge in [-0.2, -0.15) is 0 Å². The van der Waals surface area contributed by atoms with Gasteiger partial charge < -0.3 is 9.80 Å². The fraction of sp³-hybridized carbons (Fsp3) is 0.286. The highest BCUT2D eigenvalue weighted by Crippen LogP contribution is 2.28. The second-order valence-electron chi connectivity index (χ2n) is 6.73. The van der Waals surface area contributed by atoms with E-state index >= 15 is 0 Å². The van der Waals surface area contributed by atoms with Crippen LogP contribution in [0.2, 0.25) is 0 Å². The molecule has 1 fully saturated rings. The van der Waals surface area contributed by atoms with Crippen LogP contribution in [-0.4, -0.2) is 63.1 Å². The number of hydrogen-bond acceptors (Lipinski definition) is 4. The van der Waals surface area contributed by atoms with Gasteiger partial charge in [0.1, 0.15) is 0 Å². The smallest absolute Gasteiger partial charge is 0.233 e. The molecule has 2 amide bonds. The minimum atomic E-state index is 0.0676. The van der Waals surface area contributed by atoms with Crippen molar-refractivity contribution >= 4 is 34.6 Å². The molecule has 0 atom stereocenters. The molecular weight excluding hydrogens is 372 g/mol. The Morgan fingerprint density at radius 3 is 2.29 bits per heavy atom. The van der Waals surface area contributed by atoms with E-state index in [0.717, 1.165) is 21.9 Å². The molecule has 0 N–H and O–H groups in total. The third-order valence-corrected chi connectivity index (χ3v) is 5.87. The van der Waals surface area contributed by atoms with Crippen molar-refractivity contribution in [3.05, 3.63) is 54.6 Å². The summed E-state index contributed by atoms with van der Waals surface area (Å²) in [5, 5.41) is 0.808. The molecule has 3 aromatic rings. The van der Waals surface area contributed by atoms with Crippen LogP contribution in [0, 0.1) is 0 Å². The average Bonchev–Trinajstić information content (AvgIpc) is 3.11. The van der Waals surface area contributed by atoms with Crippen molar-refractivity contribution in [3.8, 4) is 5.69 Å². The van der Waals surface area contributed by atoms with Gasteiger partial charge in [-0.1, -0.05) is 42.1 Å². The van der Waals surface area contributed by atoms with E-state index in [9.17, 15) is 9.59 Å². The number of imidazole rings is 1. The summed E-state index contributed by atoms with van der Waals surface area (Å²) in [7, 11) is 0. The van der Waals surface area contributed by atoms with Crippen LogP contribution in [0.3, 0.4) is 0 Å². The summed E-state index contributed by atoms with van der Waals surface area (Å²) in [6.07, 6.45) is 0. The lowest BCUT2D eigenvalue weighted by atomic mass is 10.3. The van der Waals surface area contributed by atoms with Crippen molar-refractivity contribution in [1.82, 2.24) is 19.4 Å². The van der Waals surface area contributed by atoms with E-state index in [1.54, 1.807) is 11.8 Å². The predicted molar refractivity (Wildman–Crippen MR) is 111 cm³/mol. The zero-order valence-corrected chi connectivity index (χ0v) is 16.6. The van der Waals surface area contributed by atoms with Gasteiger partial charge in [-0.25, -0.2) is 4.98 Å². The quantitative estimate of drug-likeness (QED) is 0.639. The van der Waals surface area contributed by atoms with Gasteiger partial charge in [0.15, 0.2) is 5.16 Å². The first-order valence-electron chi connectivity index (χ1n) is 9.32. The van der Waals surface area contributed by atoms with Gasteiger partial charge in [-0.15, -0.1) is 0 Å². The molecule has 4 rings (SSSR count). The van der Waals surface area contributed by atoms with Gasteiger partial charge in [0.25, 0.3) is 0 Å². The maximum atomic E-state index is 12.7. The highest BCUT2D eigenvalue weighted by molar-refractivity contribution is 7.99. The Balaban J connectivity index is 1.51. The maximum Gasteiger partial charge on any atom is 0.233 e. The maximum absolute atomic E-state index is 12.7. The van der Waals surface area contributed by atoms with E-state index in [2.05, 4.69) is 4.57 Å². The second kappa shape index (κ2) is 8.06. The summed E-state index contributed by atoms with van der Waals surface area (Å²) in [6, 6.07) is 18.1. The van der Waals surface area contributed by atoms with Crippen LogP contribution < -0.4 is 0 Å². The molecule has 7 heteroatoms. The fourth-order valence-corrected chi connectivity index (χ4v) is 4.35. The Labute approximate surface area is 168 Å². The molecule has 1 aromatic heterocycles. The number of rotatable bonds is 4. The molecule has 0 bridgehead atoms. The first-order chi connectivity index (χ1) is 13.6. The molecule has 2 heterocycles. The molecule has 0 saturated carbocycles. The Kier molecular flexibility index (Phi) is 5.34. The Morgan fingerprint density at radius 2 is 1.57 bits per heavy atom. The predicted octanol–water partition coefficient (Wildman–Crippen LogP) is 2.81. The summed E-state index contributed by atoms with van der Waals surface area (Å²) >= 11 is 1.46. The molecular formula is C21H22N4O2S. The number of hydrogen-bond donors (Lipinski definition) is 0. The molecule has 0 aliphatic carbocycles. The number of carbonyl (C=O) groups excluding carboxylic acids is 2. The van der Waals surface area contributed by atoms with Crippen LogP contribution in [0.4, 0.5) is 0 Å². The van der Waals surface area contributed by atoms with Crippen molar-refractivity contribution in [2.24, 2.45) is 0 Å². The lowest BCUT2D eigenvalue weighted by molar-refractivity contribution is -0.136. The SMILES string of the molecule is CC(=O)N1CCN(C(=O)CSc2nc3ccccc3n2-c2ccccc2)CC1. The van der Waals surface area contributed by atoms with E-state index in [0.29, 0.717) is 31.9 Å². The molecule has 2 aromatic carbocycles. The molecule has 144 valence electrons. The van der Waals surface area contributed by atoms with Crippen LogP contribution in [0.5, 0.6) is 0 Å². The number of fused-ring (bicyclic) bond motifs is 1. The van der Waals surface area contributed by atoms with Crippen LogP contribution >= 0.6 is 11.8 Å². The van der Waals surface area contributed by atoms with Crippen molar-refractivity contribution in [1.29, 1.82) is 0 Å².